The minimum atomic E-state index is -0.543. The van der Waals surface area contributed by atoms with Crippen molar-refractivity contribution in [2.24, 2.45) is 0 Å². The smallest absolute Gasteiger partial charge is 0.244 e. The van der Waals surface area contributed by atoms with Crippen LogP contribution in [0.4, 0.5) is 0 Å². The van der Waals surface area contributed by atoms with Crippen molar-refractivity contribution in [3.8, 4) is 0 Å². The fourth-order valence-electron chi connectivity index (χ4n) is 2.66. The molecule has 0 aliphatic heterocycles. The van der Waals surface area contributed by atoms with Crippen molar-refractivity contribution in [3.63, 3.8) is 0 Å². The van der Waals surface area contributed by atoms with Crippen LogP contribution in [0.1, 0.15) is 12.6 Å². The molecule has 6 heteroatoms. The van der Waals surface area contributed by atoms with Gasteiger partial charge in [-0.1, -0.05) is 12.1 Å². The van der Waals surface area contributed by atoms with Crippen LogP contribution in [0.25, 0.3) is 10.9 Å². The van der Waals surface area contributed by atoms with Crippen molar-refractivity contribution in [1.82, 2.24) is 14.4 Å². The molecule has 0 spiro atoms. The Hall–Kier alpha value is -2.63. The van der Waals surface area contributed by atoms with E-state index in [0.29, 0.717) is 11.1 Å². The number of hydrogen-bond acceptors (Lipinski definition) is 3. The highest BCUT2D eigenvalue weighted by Gasteiger charge is 2.24. The summed E-state index contributed by atoms with van der Waals surface area (Å²) >= 11 is 0. The lowest BCUT2D eigenvalue weighted by Crippen LogP contribution is -2.46. The van der Waals surface area contributed by atoms with Crippen LogP contribution >= 0.6 is 0 Å². The molecule has 0 fully saturated rings. The second-order valence-corrected chi connectivity index (χ2v) is 6.17. The van der Waals surface area contributed by atoms with Crippen LogP contribution in [0.5, 0.6) is 0 Å². The first kappa shape index (κ1) is 17.7. The number of amides is 2. The highest BCUT2D eigenvalue weighted by Crippen LogP contribution is 2.13. The van der Waals surface area contributed by atoms with Crippen molar-refractivity contribution in [2.45, 2.75) is 26.4 Å². The maximum atomic E-state index is 12.6. The van der Waals surface area contributed by atoms with E-state index in [1.54, 1.807) is 47.1 Å². The molecule has 128 valence electrons. The van der Waals surface area contributed by atoms with Crippen LogP contribution in [0.3, 0.4) is 0 Å². The number of hydrogen-bond donors (Lipinski definition) is 0. The Balaban J connectivity index is 2.35. The van der Waals surface area contributed by atoms with Crippen LogP contribution in [0, 0.1) is 6.92 Å². The molecule has 0 N–H and O–H groups in total. The number of fused-ring (bicyclic) bond motifs is 1. The first-order valence-electron chi connectivity index (χ1n) is 7.80. The molecule has 2 amide bonds. The standard InChI is InChI=1S/C18H23N3O3/c1-12-10-16(22)14-8-6-7-9-15(14)21(12)11-17(23)20(5)13(2)18(24)19(3)4/h6-10,13H,11H2,1-5H3. The molecule has 2 rings (SSSR count). The number of likely N-dealkylation sites (N-methyl/N-ethyl adjacent to an activating group) is 2. The fourth-order valence-corrected chi connectivity index (χ4v) is 2.66. The highest BCUT2D eigenvalue weighted by atomic mass is 16.2. The maximum absolute atomic E-state index is 12.6. The number of aryl methyl sites for hydroxylation is 1. The van der Waals surface area contributed by atoms with Crippen LogP contribution in [0.15, 0.2) is 35.1 Å². The number of carbonyl (C=O) groups is 2. The number of carbonyl (C=O) groups excluding carboxylic acids is 2. The zero-order chi connectivity index (χ0) is 18.0. The van der Waals surface area contributed by atoms with Crippen molar-refractivity contribution in [2.75, 3.05) is 21.1 Å². The van der Waals surface area contributed by atoms with Crippen molar-refractivity contribution in [1.29, 1.82) is 0 Å². The summed E-state index contributed by atoms with van der Waals surface area (Å²) in [6, 6.07) is 8.20. The molecule has 1 heterocycles. The zero-order valence-corrected chi connectivity index (χ0v) is 14.7. The Bertz CT molecular complexity index is 839. The third kappa shape index (κ3) is 3.32. The van der Waals surface area contributed by atoms with Gasteiger partial charge in [-0.2, -0.15) is 0 Å². The molecule has 1 aromatic carbocycles. The molecule has 0 aliphatic rings. The quantitative estimate of drug-likeness (QED) is 0.848. The Morgan fingerprint density at radius 1 is 1.17 bits per heavy atom. The van der Waals surface area contributed by atoms with Crippen molar-refractivity contribution >= 4 is 22.7 Å². The van der Waals surface area contributed by atoms with E-state index in [9.17, 15) is 14.4 Å². The van der Waals surface area contributed by atoms with E-state index in [0.717, 1.165) is 5.52 Å². The molecular formula is C18H23N3O3. The summed E-state index contributed by atoms with van der Waals surface area (Å²) in [6.45, 7) is 3.58. The Morgan fingerprint density at radius 3 is 2.42 bits per heavy atom. The Kier molecular flexibility index (Phi) is 5.07. The van der Waals surface area contributed by atoms with E-state index in [-0.39, 0.29) is 23.8 Å². The topological polar surface area (TPSA) is 62.6 Å². The number of pyridine rings is 1. The lowest BCUT2D eigenvalue weighted by Gasteiger charge is -2.27. The largest absolute Gasteiger partial charge is 0.347 e. The third-order valence-corrected chi connectivity index (χ3v) is 4.29. The molecule has 0 saturated heterocycles. The molecule has 0 bridgehead atoms. The number of nitrogens with zero attached hydrogens (tertiary/aromatic N) is 3. The lowest BCUT2D eigenvalue weighted by atomic mass is 10.1. The number of para-hydroxylation sites is 1. The number of aromatic nitrogens is 1. The normalized spacial score (nSPS) is 12.0. The summed E-state index contributed by atoms with van der Waals surface area (Å²) in [4.78, 5) is 39.7. The SMILES string of the molecule is Cc1cc(=O)c2ccccc2n1CC(=O)N(C)C(C)C(=O)N(C)C. The van der Waals surface area contributed by atoms with Gasteiger partial charge in [-0.05, 0) is 26.0 Å². The van der Waals surface area contributed by atoms with E-state index in [1.807, 2.05) is 16.7 Å². The van der Waals surface area contributed by atoms with Gasteiger partial charge < -0.3 is 14.4 Å². The van der Waals surface area contributed by atoms with Crippen LogP contribution in [0.2, 0.25) is 0 Å². The summed E-state index contributed by atoms with van der Waals surface area (Å²) in [5.74, 6) is -0.318. The van der Waals surface area contributed by atoms with Crippen molar-refractivity contribution < 1.29 is 9.59 Å². The third-order valence-electron chi connectivity index (χ3n) is 4.29. The summed E-state index contributed by atoms with van der Waals surface area (Å²) in [7, 11) is 4.95. The Morgan fingerprint density at radius 2 is 1.79 bits per heavy atom. The molecule has 0 aliphatic carbocycles. The highest BCUT2D eigenvalue weighted by molar-refractivity contribution is 5.88. The Labute approximate surface area is 141 Å². The molecular weight excluding hydrogens is 306 g/mol. The van der Waals surface area contributed by atoms with E-state index < -0.39 is 6.04 Å². The van der Waals surface area contributed by atoms with Gasteiger partial charge in [0.25, 0.3) is 0 Å². The molecule has 6 nitrogen and oxygen atoms in total. The zero-order valence-electron chi connectivity index (χ0n) is 14.7. The van der Waals surface area contributed by atoms with Crippen molar-refractivity contribution in [3.05, 3.63) is 46.2 Å². The molecule has 0 radical (unpaired) electrons. The summed E-state index contributed by atoms with van der Waals surface area (Å²) in [5.41, 5.74) is 1.37. The predicted octanol–water partition coefficient (Wildman–Crippen LogP) is 1.25. The fraction of sp³-hybridized carbons (Fsp3) is 0.389. The predicted molar refractivity (Wildman–Crippen MR) is 93.9 cm³/mol. The van der Waals surface area contributed by atoms with Gasteiger partial charge in [-0.15, -0.1) is 0 Å². The first-order chi connectivity index (χ1) is 11.2. The van der Waals surface area contributed by atoms with Crippen LogP contribution in [-0.2, 0) is 16.1 Å². The van der Waals surface area contributed by atoms with E-state index >= 15 is 0 Å². The average molecular weight is 329 g/mol. The number of benzene rings is 1. The second kappa shape index (κ2) is 6.86. The minimum absolute atomic E-state index is 0.0590. The molecule has 2 aromatic rings. The van der Waals surface area contributed by atoms with E-state index in [2.05, 4.69) is 0 Å². The summed E-state index contributed by atoms with van der Waals surface area (Å²) < 4.78 is 1.81. The van der Waals surface area contributed by atoms with E-state index in [1.165, 1.54) is 15.9 Å². The molecule has 24 heavy (non-hydrogen) atoms. The number of rotatable bonds is 4. The van der Waals surface area contributed by atoms with E-state index in [4.69, 9.17) is 0 Å². The van der Waals surface area contributed by atoms with Gasteiger partial charge in [0.1, 0.15) is 12.6 Å². The monoisotopic (exact) mass is 329 g/mol. The van der Waals surface area contributed by atoms with Gasteiger partial charge in [0.05, 0.1) is 5.52 Å². The van der Waals surface area contributed by atoms with Gasteiger partial charge in [-0.3, -0.25) is 14.4 Å². The minimum Gasteiger partial charge on any atom is -0.347 e. The molecule has 1 atom stereocenters. The first-order valence-corrected chi connectivity index (χ1v) is 7.80. The molecule has 1 unspecified atom stereocenters. The summed E-state index contributed by atoms with van der Waals surface area (Å²) in [6.07, 6.45) is 0. The van der Waals surface area contributed by atoms with Crippen LogP contribution < -0.4 is 5.43 Å². The van der Waals surface area contributed by atoms with Crippen LogP contribution in [-0.4, -0.2) is 53.4 Å². The summed E-state index contributed by atoms with van der Waals surface area (Å²) in [5, 5.41) is 0.580. The average Bonchev–Trinajstić information content (AvgIpc) is 2.56. The van der Waals surface area contributed by atoms with Gasteiger partial charge in [-0.25, -0.2) is 0 Å². The van der Waals surface area contributed by atoms with Gasteiger partial charge >= 0.3 is 0 Å². The lowest BCUT2D eigenvalue weighted by molar-refractivity contribution is -0.142. The van der Waals surface area contributed by atoms with Gasteiger partial charge in [0.2, 0.25) is 11.8 Å². The maximum Gasteiger partial charge on any atom is 0.244 e. The molecule has 1 aromatic heterocycles. The van der Waals surface area contributed by atoms with Gasteiger partial charge in [0.15, 0.2) is 5.43 Å². The molecule has 0 saturated carbocycles. The second-order valence-electron chi connectivity index (χ2n) is 6.17. The van der Waals surface area contributed by atoms with Gasteiger partial charge in [0, 0.05) is 38.3 Å².